The number of benzene rings is 2. The van der Waals surface area contributed by atoms with E-state index in [9.17, 15) is 0 Å². The molecule has 0 aliphatic carbocycles. The second kappa shape index (κ2) is 5.18. The number of hydrogen-bond donors (Lipinski definition) is 0. The highest BCUT2D eigenvalue weighted by atomic mass is 14.7. The van der Waals surface area contributed by atoms with Gasteiger partial charge in [-0.1, -0.05) is 35.9 Å². The summed E-state index contributed by atoms with van der Waals surface area (Å²) in [6.07, 6.45) is 0. The molecule has 0 N–H and O–H groups in total. The van der Waals surface area contributed by atoms with Gasteiger partial charge in [-0.3, -0.25) is 4.99 Å². The van der Waals surface area contributed by atoms with E-state index >= 15 is 0 Å². The molecule has 0 atom stereocenters. The summed E-state index contributed by atoms with van der Waals surface area (Å²) in [6, 6.07) is 14.7. The van der Waals surface area contributed by atoms with Crippen molar-refractivity contribution in [1.29, 1.82) is 0 Å². The maximum atomic E-state index is 4.75. The Morgan fingerprint density at radius 2 is 1.61 bits per heavy atom. The number of nitrogens with zero attached hydrogens (tertiary/aromatic N) is 1. The smallest absolute Gasteiger partial charge is 0.0662 e. The lowest BCUT2D eigenvalue weighted by Gasteiger charge is -2.08. The standard InChI is InChI=1S/C17H19N/c1-12-9-10-13(2)16(11-12)15(4)18-17-8-6-5-7-14(17)3/h5-11H,1-4H3. The summed E-state index contributed by atoms with van der Waals surface area (Å²) in [7, 11) is 0. The Bertz CT molecular complexity index is 594. The highest BCUT2D eigenvalue weighted by molar-refractivity contribution is 6.01. The van der Waals surface area contributed by atoms with Crippen LogP contribution in [-0.4, -0.2) is 5.71 Å². The van der Waals surface area contributed by atoms with E-state index < -0.39 is 0 Å². The van der Waals surface area contributed by atoms with Crippen molar-refractivity contribution in [1.82, 2.24) is 0 Å². The Kier molecular flexibility index (Phi) is 3.61. The first-order chi connectivity index (χ1) is 8.58. The predicted octanol–water partition coefficient (Wildman–Crippen LogP) is 4.75. The van der Waals surface area contributed by atoms with Gasteiger partial charge in [-0.25, -0.2) is 0 Å². The van der Waals surface area contributed by atoms with Crippen molar-refractivity contribution >= 4 is 11.4 Å². The van der Waals surface area contributed by atoms with Gasteiger partial charge >= 0.3 is 0 Å². The molecule has 0 fully saturated rings. The predicted molar refractivity (Wildman–Crippen MR) is 79.0 cm³/mol. The molecule has 0 saturated carbocycles. The van der Waals surface area contributed by atoms with Crippen LogP contribution >= 0.6 is 0 Å². The van der Waals surface area contributed by atoms with Gasteiger partial charge in [-0.2, -0.15) is 0 Å². The summed E-state index contributed by atoms with van der Waals surface area (Å²) in [5.74, 6) is 0. The summed E-state index contributed by atoms with van der Waals surface area (Å²) in [6.45, 7) is 8.42. The minimum Gasteiger partial charge on any atom is -0.253 e. The van der Waals surface area contributed by atoms with Crippen molar-refractivity contribution in [3.05, 3.63) is 64.7 Å². The number of para-hydroxylation sites is 1. The molecule has 0 heterocycles. The van der Waals surface area contributed by atoms with E-state index in [1.807, 2.05) is 12.1 Å². The molecule has 0 aliphatic heterocycles. The average Bonchev–Trinajstić information content (AvgIpc) is 2.35. The maximum absolute atomic E-state index is 4.75. The largest absolute Gasteiger partial charge is 0.253 e. The first-order valence-corrected chi connectivity index (χ1v) is 6.26. The van der Waals surface area contributed by atoms with Crippen LogP contribution in [0.25, 0.3) is 0 Å². The summed E-state index contributed by atoms with van der Waals surface area (Å²) in [5.41, 5.74) is 7.12. The fourth-order valence-electron chi connectivity index (χ4n) is 2.06. The molecule has 2 aromatic carbocycles. The maximum Gasteiger partial charge on any atom is 0.0662 e. The van der Waals surface area contributed by atoms with E-state index in [2.05, 4.69) is 58.0 Å². The van der Waals surface area contributed by atoms with Gasteiger partial charge in [-0.15, -0.1) is 0 Å². The number of aliphatic imine (C=N–C) groups is 1. The van der Waals surface area contributed by atoms with Crippen molar-refractivity contribution in [3.8, 4) is 0 Å². The molecule has 0 amide bonds. The van der Waals surface area contributed by atoms with Crippen LogP contribution in [0.15, 0.2) is 47.5 Å². The average molecular weight is 237 g/mol. The lowest BCUT2D eigenvalue weighted by atomic mass is 10.0. The summed E-state index contributed by atoms with van der Waals surface area (Å²) in [4.78, 5) is 4.75. The summed E-state index contributed by atoms with van der Waals surface area (Å²) in [5, 5.41) is 0. The number of aryl methyl sites for hydroxylation is 3. The fraction of sp³-hybridized carbons (Fsp3) is 0.235. The third-order valence-corrected chi connectivity index (χ3v) is 3.19. The second-order valence-electron chi connectivity index (χ2n) is 4.80. The van der Waals surface area contributed by atoms with Crippen LogP contribution in [0.3, 0.4) is 0 Å². The van der Waals surface area contributed by atoms with E-state index in [0.717, 1.165) is 11.4 Å². The second-order valence-corrected chi connectivity index (χ2v) is 4.80. The molecule has 0 aliphatic rings. The summed E-state index contributed by atoms with van der Waals surface area (Å²) < 4.78 is 0. The molecule has 0 unspecified atom stereocenters. The fourth-order valence-corrected chi connectivity index (χ4v) is 2.06. The van der Waals surface area contributed by atoms with Crippen LogP contribution < -0.4 is 0 Å². The Morgan fingerprint density at radius 1 is 0.889 bits per heavy atom. The van der Waals surface area contributed by atoms with E-state index in [1.54, 1.807) is 0 Å². The number of rotatable bonds is 2. The third kappa shape index (κ3) is 2.67. The van der Waals surface area contributed by atoms with Crippen LogP contribution in [0.2, 0.25) is 0 Å². The van der Waals surface area contributed by atoms with Gasteiger partial charge in [-0.05, 0) is 56.5 Å². The van der Waals surface area contributed by atoms with Crippen LogP contribution in [0.4, 0.5) is 5.69 Å². The molecular weight excluding hydrogens is 218 g/mol. The van der Waals surface area contributed by atoms with E-state index in [0.29, 0.717) is 0 Å². The molecule has 0 aromatic heterocycles. The number of hydrogen-bond acceptors (Lipinski definition) is 1. The highest BCUT2D eigenvalue weighted by Gasteiger charge is 2.03. The topological polar surface area (TPSA) is 12.4 Å². The zero-order valence-corrected chi connectivity index (χ0v) is 11.5. The summed E-state index contributed by atoms with van der Waals surface area (Å²) >= 11 is 0. The SMILES string of the molecule is CC(=Nc1ccccc1C)c1cc(C)ccc1C. The zero-order chi connectivity index (χ0) is 13.1. The Labute approximate surface area is 109 Å². The van der Waals surface area contributed by atoms with Gasteiger partial charge in [0.05, 0.1) is 5.69 Å². The van der Waals surface area contributed by atoms with Crippen LogP contribution in [0.1, 0.15) is 29.2 Å². The van der Waals surface area contributed by atoms with Gasteiger partial charge in [0.2, 0.25) is 0 Å². The van der Waals surface area contributed by atoms with Crippen molar-refractivity contribution in [2.45, 2.75) is 27.7 Å². The van der Waals surface area contributed by atoms with Gasteiger partial charge < -0.3 is 0 Å². The van der Waals surface area contributed by atoms with E-state index in [-0.39, 0.29) is 0 Å². The third-order valence-electron chi connectivity index (χ3n) is 3.19. The molecule has 1 heteroatoms. The van der Waals surface area contributed by atoms with Gasteiger partial charge in [0.15, 0.2) is 0 Å². The molecule has 2 aromatic rings. The monoisotopic (exact) mass is 237 g/mol. The molecule has 0 saturated heterocycles. The first kappa shape index (κ1) is 12.6. The Morgan fingerprint density at radius 3 is 2.33 bits per heavy atom. The minimum atomic E-state index is 1.05. The molecule has 92 valence electrons. The molecule has 2 rings (SSSR count). The first-order valence-electron chi connectivity index (χ1n) is 6.26. The lowest BCUT2D eigenvalue weighted by Crippen LogP contribution is -1.98. The van der Waals surface area contributed by atoms with Gasteiger partial charge in [0.25, 0.3) is 0 Å². The molecule has 0 spiro atoms. The van der Waals surface area contributed by atoms with E-state index in [1.165, 1.54) is 22.3 Å². The minimum absolute atomic E-state index is 1.05. The van der Waals surface area contributed by atoms with Crippen LogP contribution in [-0.2, 0) is 0 Å². The van der Waals surface area contributed by atoms with Crippen molar-refractivity contribution in [2.24, 2.45) is 4.99 Å². The van der Waals surface area contributed by atoms with Crippen LogP contribution in [0, 0.1) is 20.8 Å². The zero-order valence-electron chi connectivity index (χ0n) is 11.5. The van der Waals surface area contributed by atoms with Crippen LogP contribution in [0.5, 0.6) is 0 Å². The van der Waals surface area contributed by atoms with Gasteiger partial charge in [0.1, 0.15) is 0 Å². The highest BCUT2D eigenvalue weighted by Crippen LogP contribution is 2.20. The molecule has 0 bridgehead atoms. The molecule has 1 nitrogen and oxygen atoms in total. The van der Waals surface area contributed by atoms with E-state index in [4.69, 9.17) is 4.99 Å². The Balaban J connectivity index is 2.45. The molecule has 0 radical (unpaired) electrons. The lowest BCUT2D eigenvalue weighted by molar-refractivity contribution is 1.34. The van der Waals surface area contributed by atoms with Crippen molar-refractivity contribution in [3.63, 3.8) is 0 Å². The van der Waals surface area contributed by atoms with Crippen molar-refractivity contribution < 1.29 is 0 Å². The van der Waals surface area contributed by atoms with Gasteiger partial charge in [0, 0.05) is 5.71 Å². The molecular formula is C17H19N. The normalized spacial score (nSPS) is 11.7. The quantitative estimate of drug-likeness (QED) is 0.668. The molecule has 18 heavy (non-hydrogen) atoms. The Hall–Kier alpha value is -1.89. The van der Waals surface area contributed by atoms with Crippen molar-refractivity contribution in [2.75, 3.05) is 0 Å².